The van der Waals surface area contributed by atoms with Crippen LogP contribution >= 0.6 is 11.6 Å². The van der Waals surface area contributed by atoms with Crippen molar-refractivity contribution in [2.45, 2.75) is 25.0 Å². The summed E-state index contributed by atoms with van der Waals surface area (Å²) in [5.41, 5.74) is 0.986. The smallest absolute Gasteiger partial charge is 0.412 e. The van der Waals surface area contributed by atoms with Gasteiger partial charge < -0.3 is 24.8 Å². The van der Waals surface area contributed by atoms with Gasteiger partial charge in [-0.1, -0.05) is 0 Å². The van der Waals surface area contributed by atoms with Crippen LogP contribution in [-0.2, 0) is 0 Å². The van der Waals surface area contributed by atoms with Crippen LogP contribution in [0, 0.1) is 5.82 Å². The van der Waals surface area contributed by atoms with E-state index < -0.39 is 18.0 Å². The summed E-state index contributed by atoms with van der Waals surface area (Å²) >= 11 is 5.52. The van der Waals surface area contributed by atoms with Crippen LogP contribution in [0.25, 0.3) is 5.65 Å². The average molecular weight is 465 g/mol. The molecule has 1 aliphatic heterocycles. The van der Waals surface area contributed by atoms with Gasteiger partial charge in [-0.15, -0.1) is 11.6 Å². The highest BCUT2D eigenvalue weighted by molar-refractivity contribution is 6.18. The zero-order chi connectivity index (χ0) is 22.7. The molecule has 4 heterocycles. The van der Waals surface area contributed by atoms with Gasteiger partial charge in [-0.05, 0) is 25.0 Å². The molecule has 0 unspecified atom stereocenters. The summed E-state index contributed by atoms with van der Waals surface area (Å²) in [5, 5.41) is 16.0. The molecule has 0 aliphatic carbocycles. The number of methoxy groups -OCH3 is 1. The number of nitrogens with zero attached hydrogens (tertiary/aromatic N) is 5. The zero-order valence-corrected chi connectivity index (χ0v) is 18.0. The first-order valence-corrected chi connectivity index (χ1v) is 10.5. The SMILES string of the molecule is COc1ncc(F)cc1[C@H]1CCCN1c1ccn2ncc(OC(=O)NC[C@H](O)CCl)c2n1. The quantitative estimate of drug-likeness (QED) is 0.512. The number of carbonyl (C=O) groups excluding carboxylic acids is 1. The van der Waals surface area contributed by atoms with Gasteiger partial charge in [-0.3, -0.25) is 0 Å². The number of hydrogen-bond acceptors (Lipinski definition) is 8. The molecule has 0 spiro atoms. The number of nitrogens with one attached hydrogen (secondary N) is 1. The highest BCUT2D eigenvalue weighted by Crippen LogP contribution is 2.39. The first-order chi connectivity index (χ1) is 15.5. The van der Waals surface area contributed by atoms with E-state index in [1.807, 2.05) is 4.90 Å². The van der Waals surface area contributed by atoms with Crippen LogP contribution in [0.1, 0.15) is 24.4 Å². The van der Waals surface area contributed by atoms with E-state index in [1.165, 1.54) is 23.9 Å². The van der Waals surface area contributed by atoms with Crippen molar-refractivity contribution >= 4 is 29.2 Å². The first kappa shape index (κ1) is 22.0. The Morgan fingerprint density at radius 2 is 2.31 bits per heavy atom. The molecule has 10 nitrogen and oxygen atoms in total. The molecule has 1 aliphatic rings. The van der Waals surface area contributed by atoms with Crippen LogP contribution in [0.5, 0.6) is 11.6 Å². The third-order valence-corrected chi connectivity index (χ3v) is 5.49. The Hall–Kier alpha value is -3.18. The van der Waals surface area contributed by atoms with Crippen molar-refractivity contribution in [1.29, 1.82) is 0 Å². The van der Waals surface area contributed by atoms with E-state index in [-0.39, 0.29) is 24.2 Å². The Morgan fingerprint density at radius 1 is 1.47 bits per heavy atom. The fraction of sp³-hybridized carbons (Fsp3) is 0.400. The number of alkyl halides is 1. The first-order valence-electron chi connectivity index (χ1n) is 10.00. The van der Waals surface area contributed by atoms with Crippen LogP contribution < -0.4 is 19.7 Å². The van der Waals surface area contributed by atoms with E-state index >= 15 is 0 Å². The molecule has 0 saturated carbocycles. The number of pyridine rings is 1. The fourth-order valence-corrected chi connectivity index (χ4v) is 3.79. The maximum absolute atomic E-state index is 13.9. The zero-order valence-electron chi connectivity index (χ0n) is 17.2. The lowest BCUT2D eigenvalue weighted by Crippen LogP contribution is -2.34. The molecule has 12 heteroatoms. The molecule has 1 saturated heterocycles. The number of rotatable bonds is 7. The summed E-state index contributed by atoms with van der Waals surface area (Å²) in [6.45, 7) is 0.661. The van der Waals surface area contributed by atoms with E-state index in [2.05, 4.69) is 20.4 Å². The molecule has 3 aromatic rings. The van der Waals surface area contributed by atoms with Gasteiger partial charge in [0.05, 0.1) is 37.5 Å². The van der Waals surface area contributed by atoms with Crippen LogP contribution in [-0.4, -0.2) is 63.0 Å². The molecular formula is C20H22ClFN6O4. The number of aromatic nitrogens is 4. The largest absolute Gasteiger partial charge is 0.481 e. The van der Waals surface area contributed by atoms with E-state index in [0.29, 0.717) is 29.5 Å². The lowest BCUT2D eigenvalue weighted by molar-refractivity contribution is 0.174. The number of ether oxygens (including phenoxy) is 2. The van der Waals surface area contributed by atoms with Crippen molar-refractivity contribution in [3.8, 4) is 11.6 Å². The number of fused-ring (bicyclic) bond motifs is 1. The van der Waals surface area contributed by atoms with Crippen molar-refractivity contribution in [2.24, 2.45) is 0 Å². The highest BCUT2D eigenvalue weighted by Gasteiger charge is 2.31. The summed E-state index contributed by atoms with van der Waals surface area (Å²) in [4.78, 5) is 22.7. The Bertz CT molecular complexity index is 1110. The van der Waals surface area contributed by atoms with Gasteiger partial charge in [0, 0.05) is 24.8 Å². The van der Waals surface area contributed by atoms with E-state index in [1.54, 1.807) is 12.3 Å². The summed E-state index contributed by atoms with van der Waals surface area (Å²) in [6, 6.07) is 3.05. The Balaban J connectivity index is 1.59. The second-order valence-corrected chi connectivity index (χ2v) is 7.55. The molecule has 1 fully saturated rings. The van der Waals surface area contributed by atoms with Crippen LogP contribution in [0.4, 0.5) is 15.0 Å². The number of hydrogen-bond donors (Lipinski definition) is 2. The Labute approximate surface area is 187 Å². The maximum Gasteiger partial charge on any atom is 0.412 e. The number of halogens is 2. The number of aliphatic hydroxyl groups is 1. The van der Waals surface area contributed by atoms with E-state index in [9.17, 15) is 14.3 Å². The standard InChI is InChI=1S/C20H22ClFN6O4/c1-31-19-14(7-12(22)9-23-19)15-3-2-5-27(15)17-4-6-28-18(26-17)16(11-25-28)32-20(30)24-10-13(29)8-21/h4,6-7,9,11,13,15,29H,2-3,5,8,10H2,1H3,(H,24,30)/t13-,15-/m1/s1. The fourth-order valence-electron chi connectivity index (χ4n) is 3.68. The van der Waals surface area contributed by atoms with Gasteiger partial charge in [0.15, 0.2) is 5.75 Å². The third-order valence-electron chi connectivity index (χ3n) is 5.13. The topological polar surface area (TPSA) is 114 Å². The molecular weight excluding hydrogens is 443 g/mol. The van der Waals surface area contributed by atoms with E-state index in [4.69, 9.17) is 21.1 Å². The molecule has 0 aromatic carbocycles. The minimum atomic E-state index is -0.876. The minimum absolute atomic E-state index is 0.00939. The van der Waals surface area contributed by atoms with Gasteiger partial charge in [0.1, 0.15) is 11.6 Å². The van der Waals surface area contributed by atoms with Crippen molar-refractivity contribution in [3.63, 3.8) is 0 Å². The normalized spacial score (nSPS) is 16.9. The molecule has 170 valence electrons. The third kappa shape index (κ3) is 4.53. The second kappa shape index (κ2) is 9.53. The van der Waals surface area contributed by atoms with Crippen molar-refractivity contribution < 1.29 is 23.8 Å². The van der Waals surface area contributed by atoms with Crippen LogP contribution in [0.15, 0.2) is 30.7 Å². The monoisotopic (exact) mass is 464 g/mol. The lowest BCUT2D eigenvalue weighted by Gasteiger charge is -2.26. The number of amides is 1. The van der Waals surface area contributed by atoms with E-state index in [0.717, 1.165) is 19.0 Å². The predicted molar refractivity (Wildman–Crippen MR) is 114 cm³/mol. The molecule has 1 amide bonds. The minimum Gasteiger partial charge on any atom is -0.481 e. The molecule has 2 atom stereocenters. The van der Waals surface area contributed by atoms with Crippen molar-refractivity contribution in [3.05, 3.63) is 42.1 Å². The van der Waals surface area contributed by atoms with Crippen LogP contribution in [0.3, 0.4) is 0 Å². The number of carbonyl (C=O) groups is 1. The summed E-state index contributed by atoms with van der Waals surface area (Å²) in [5.74, 6) is 0.700. The van der Waals surface area contributed by atoms with Gasteiger partial charge >= 0.3 is 6.09 Å². The summed E-state index contributed by atoms with van der Waals surface area (Å²) < 4.78 is 26.0. The Morgan fingerprint density at radius 3 is 3.09 bits per heavy atom. The average Bonchev–Trinajstić information content (AvgIpc) is 3.44. The van der Waals surface area contributed by atoms with Gasteiger partial charge in [0.25, 0.3) is 0 Å². The molecule has 0 bridgehead atoms. The summed E-state index contributed by atoms with van der Waals surface area (Å²) in [6.07, 6.45) is 4.23. The predicted octanol–water partition coefficient (Wildman–Crippen LogP) is 2.30. The number of aliphatic hydroxyl groups excluding tert-OH is 1. The van der Waals surface area contributed by atoms with Gasteiger partial charge in [-0.2, -0.15) is 5.10 Å². The maximum atomic E-state index is 13.9. The molecule has 32 heavy (non-hydrogen) atoms. The molecule has 4 rings (SSSR count). The van der Waals surface area contributed by atoms with Crippen LogP contribution in [0.2, 0.25) is 0 Å². The van der Waals surface area contributed by atoms with Crippen molar-refractivity contribution in [2.75, 3.05) is 31.0 Å². The molecule has 3 aromatic heterocycles. The molecule has 0 radical (unpaired) electrons. The van der Waals surface area contributed by atoms with Crippen molar-refractivity contribution in [1.82, 2.24) is 24.9 Å². The van der Waals surface area contributed by atoms with Gasteiger partial charge in [0.2, 0.25) is 11.5 Å². The van der Waals surface area contributed by atoms with Gasteiger partial charge in [-0.25, -0.2) is 23.7 Å². The lowest BCUT2D eigenvalue weighted by atomic mass is 10.1. The number of anilines is 1. The molecule has 2 N–H and O–H groups in total. The Kier molecular flexibility index (Phi) is 6.56. The second-order valence-electron chi connectivity index (χ2n) is 7.24. The highest BCUT2D eigenvalue weighted by atomic mass is 35.5. The summed E-state index contributed by atoms with van der Waals surface area (Å²) in [7, 11) is 1.50.